The van der Waals surface area contributed by atoms with Crippen LogP contribution in [0.25, 0.3) is 0 Å². The zero-order valence-corrected chi connectivity index (χ0v) is 13.5. The molecular weight excluding hydrogens is 268 g/mol. The standard InChI is InChI=1S/C15H28N4O2/c1-5-7-16-13-9-14(19-15(18-13)11(2)3)17-12(6-8-20)10-21-4/h9,11-12,20H,5-8,10H2,1-4H3,(H2,16,17,18,19). The van der Waals surface area contributed by atoms with Gasteiger partial charge in [-0.15, -0.1) is 0 Å². The molecule has 0 amide bonds. The van der Waals surface area contributed by atoms with Crippen molar-refractivity contribution < 1.29 is 9.84 Å². The Morgan fingerprint density at radius 1 is 1.29 bits per heavy atom. The van der Waals surface area contributed by atoms with Crippen molar-refractivity contribution in [2.75, 3.05) is 37.5 Å². The first-order valence-electron chi connectivity index (χ1n) is 7.59. The van der Waals surface area contributed by atoms with Crippen LogP contribution in [0.3, 0.4) is 0 Å². The molecule has 1 aromatic heterocycles. The van der Waals surface area contributed by atoms with Gasteiger partial charge in [-0.3, -0.25) is 0 Å². The second-order valence-corrected chi connectivity index (χ2v) is 5.39. The van der Waals surface area contributed by atoms with Crippen LogP contribution in [0.5, 0.6) is 0 Å². The predicted molar refractivity (Wildman–Crippen MR) is 85.9 cm³/mol. The van der Waals surface area contributed by atoms with Gasteiger partial charge in [0, 0.05) is 32.2 Å². The van der Waals surface area contributed by atoms with E-state index in [0.717, 1.165) is 30.4 Å². The monoisotopic (exact) mass is 296 g/mol. The Hall–Kier alpha value is -1.40. The maximum Gasteiger partial charge on any atom is 0.135 e. The van der Waals surface area contributed by atoms with Gasteiger partial charge in [0.1, 0.15) is 17.5 Å². The van der Waals surface area contributed by atoms with Gasteiger partial charge in [-0.2, -0.15) is 0 Å². The molecule has 21 heavy (non-hydrogen) atoms. The van der Waals surface area contributed by atoms with Gasteiger partial charge in [-0.05, 0) is 12.8 Å². The van der Waals surface area contributed by atoms with Crippen molar-refractivity contribution in [1.82, 2.24) is 9.97 Å². The molecule has 1 atom stereocenters. The molecule has 0 aliphatic heterocycles. The van der Waals surface area contributed by atoms with Crippen LogP contribution < -0.4 is 10.6 Å². The second kappa shape index (κ2) is 9.52. The van der Waals surface area contributed by atoms with Gasteiger partial charge < -0.3 is 20.5 Å². The lowest BCUT2D eigenvalue weighted by atomic mass is 10.2. The fourth-order valence-corrected chi connectivity index (χ4v) is 1.90. The highest BCUT2D eigenvalue weighted by molar-refractivity contribution is 5.48. The molecule has 1 aromatic rings. The quantitative estimate of drug-likeness (QED) is 0.614. The van der Waals surface area contributed by atoms with Crippen molar-refractivity contribution in [3.8, 4) is 0 Å². The molecule has 6 heteroatoms. The highest BCUT2D eigenvalue weighted by Gasteiger charge is 2.12. The van der Waals surface area contributed by atoms with Gasteiger partial charge in [-0.25, -0.2) is 9.97 Å². The van der Waals surface area contributed by atoms with Crippen LogP contribution in [0.15, 0.2) is 6.07 Å². The number of nitrogens with zero attached hydrogens (tertiary/aromatic N) is 2. The summed E-state index contributed by atoms with van der Waals surface area (Å²) in [6.45, 7) is 7.79. The summed E-state index contributed by atoms with van der Waals surface area (Å²) in [7, 11) is 1.65. The van der Waals surface area contributed by atoms with Crippen molar-refractivity contribution in [3.63, 3.8) is 0 Å². The van der Waals surface area contributed by atoms with E-state index >= 15 is 0 Å². The molecule has 0 aliphatic carbocycles. The number of aliphatic hydroxyl groups is 1. The number of hydrogen-bond donors (Lipinski definition) is 3. The molecule has 0 fully saturated rings. The van der Waals surface area contributed by atoms with Crippen LogP contribution in [-0.2, 0) is 4.74 Å². The Labute approximate surface area is 127 Å². The lowest BCUT2D eigenvalue weighted by Crippen LogP contribution is -2.27. The Kier molecular flexibility index (Phi) is 8.00. The number of rotatable bonds is 10. The molecule has 1 rings (SSSR count). The molecule has 1 heterocycles. The van der Waals surface area contributed by atoms with E-state index in [1.807, 2.05) is 6.07 Å². The van der Waals surface area contributed by atoms with Crippen LogP contribution in [0.2, 0.25) is 0 Å². The van der Waals surface area contributed by atoms with E-state index in [2.05, 4.69) is 41.4 Å². The molecule has 6 nitrogen and oxygen atoms in total. The molecule has 0 spiro atoms. The van der Waals surface area contributed by atoms with E-state index in [-0.39, 0.29) is 18.6 Å². The van der Waals surface area contributed by atoms with Crippen molar-refractivity contribution in [2.45, 2.75) is 45.6 Å². The van der Waals surface area contributed by atoms with Gasteiger partial charge in [-0.1, -0.05) is 20.8 Å². The highest BCUT2D eigenvalue weighted by Crippen LogP contribution is 2.18. The summed E-state index contributed by atoms with van der Waals surface area (Å²) in [4.78, 5) is 9.07. The molecule has 3 N–H and O–H groups in total. The number of aliphatic hydroxyl groups excluding tert-OH is 1. The third kappa shape index (κ3) is 6.27. The fourth-order valence-electron chi connectivity index (χ4n) is 1.90. The fraction of sp³-hybridized carbons (Fsp3) is 0.733. The summed E-state index contributed by atoms with van der Waals surface area (Å²) in [6.07, 6.45) is 1.66. The Bertz CT molecular complexity index is 407. The Morgan fingerprint density at radius 2 is 2.00 bits per heavy atom. The molecule has 0 saturated carbocycles. The number of nitrogens with one attached hydrogen (secondary N) is 2. The van der Waals surface area contributed by atoms with Gasteiger partial charge >= 0.3 is 0 Å². The van der Waals surface area contributed by atoms with Gasteiger partial charge in [0.2, 0.25) is 0 Å². The topological polar surface area (TPSA) is 79.3 Å². The maximum absolute atomic E-state index is 9.11. The highest BCUT2D eigenvalue weighted by atomic mass is 16.5. The van der Waals surface area contributed by atoms with Crippen LogP contribution in [0.4, 0.5) is 11.6 Å². The smallest absolute Gasteiger partial charge is 0.135 e. The first-order chi connectivity index (χ1) is 10.1. The Balaban J connectivity index is 2.89. The van der Waals surface area contributed by atoms with Crippen LogP contribution in [0.1, 0.15) is 45.4 Å². The summed E-state index contributed by atoms with van der Waals surface area (Å²) in [5.41, 5.74) is 0. The minimum atomic E-state index is 0.0361. The SMILES string of the molecule is CCCNc1cc(NC(CCO)COC)nc(C(C)C)n1. The van der Waals surface area contributed by atoms with Gasteiger partial charge in [0.25, 0.3) is 0 Å². The summed E-state index contributed by atoms with van der Waals surface area (Å²) in [5, 5.41) is 15.7. The summed E-state index contributed by atoms with van der Waals surface area (Å²) >= 11 is 0. The van der Waals surface area contributed by atoms with E-state index in [0.29, 0.717) is 13.0 Å². The first-order valence-corrected chi connectivity index (χ1v) is 7.59. The predicted octanol–water partition coefficient (Wildman–Crippen LogP) is 2.23. The van der Waals surface area contributed by atoms with E-state index in [9.17, 15) is 0 Å². The maximum atomic E-state index is 9.11. The minimum Gasteiger partial charge on any atom is -0.396 e. The van der Waals surface area contributed by atoms with Gasteiger partial charge in [0.15, 0.2) is 0 Å². The average Bonchev–Trinajstić information content (AvgIpc) is 2.45. The van der Waals surface area contributed by atoms with Crippen LogP contribution >= 0.6 is 0 Å². The zero-order chi connectivity index (χ0) is 15.7. The molecule has 0 aliphatic rings. The van der Waals surface area contributed by atoms with E-state index in [1.54, 1.807) is 7.11 Å². The largest absolute Gasteiger partial charge is 0.396 e. The van der Waals surface area contributed by atoms with Gasteiger partial charge in [0.05, 0.1) is 12.6 Å². The van der Waals surface area contributed by atoms with Crippen molar-refractivity contribution in [3.05, 3.63) is 11.9 Å². The number of ether oxygens (including phenoxy) is 1. The summed E-state index contributed by atoms with van der Waals surface area (Å²) < 4.78 is 5.17. The van der Waals surface area contributed by atoms with Crippen molar-refractivity contribution in [1.29, 1.82) is 0 Å². The first kappa shape index (κ1) is 17.7. The number of methoxy groups -OCH3 is 1. The molecule has 0 bridgehead atoms. The lowest BCUT2D eigenvalue weighted by Gasteiger charge is -2.19. The molecule has 0 aromatic carbocycles. The summed E-state index contributed by atoms with van der Waals surface area (Å²) in [5.74, 6) is 2.66. The molecule has 1 unspecified atom stereocenters. The van der Waals surface area contributed by atoms with Crippen molar-refractivity contribution >= 4 is 11.6 Å². The molecule has 0 radical (unpaired) electrons. The van der Waals surface area contributed by atoms with E-state index in [1.165, 1.54) is 0 Å². The molecule has 120 valence electrons. The third-order valence-corrected chi connectivity index (χ3v) is 3.01. The van der Waals surface area contributed by atoms with E-state index in [4.69, 9.17) is 9.84 Å². The number of aromatic nitrogens is 2. The van der Waals surface area contributed by atoms with Crippen molar-refractivity contribution in [2.24, 2.45) is 0 Å². The lowest BCUT2D eigenvalue weighted by molar-refractivity contribution is 0.170. The second-order valence-electron chi connectivity index (χ2n) is 5.39. The summed E-state index contributed by atoms with van der Waals surface area (Å²) in [6, 6.07) is 1.94. The Morgan fingerprint density at radius 3 is 2.57 bits per heavy atom. The number of anilines is 2. The zero-order valence-electron chi connectivity index (χ0n) is 13.5. The third-order valence-electron chi connectivity index (χ3n) is 3.01. The minimum absolute atomic E-state index is 0.0361. The molecule has 0 saturated heterocycles. The number of hydrogen-bond acceptors (Lipinski definition) is 6. The van der Waals surface area contributed by atoms with E-state index < -0.39 is 0 Å². The van der Waals surface area contributed by atoms with Crippen LogP contribution in [0, 0.1) is 0 Å². The normalized spacial score (nSPS) is 12.5. The average molecular weight is 296 g/mol. The molecular formula is C15H28N4O2. The van der Waals surface area contributed by atoms with Crippen LogP contribution in [-0.4, -0.2) is 48.0 Å².